The molecule has 1 aromatic rings. The summed E-state index contributed by atoms with van der Waals surface area (Å²) in [6.45, 7) is 6.54. The van der Waals surface area contributed by atoms with Crippen LogP contribution in [0.3, 0.4) is 0 Å². The van der Waals surface area contributed by atoms with Crippen LogP contribution in [0, 0.1) is 11.3 Å². The first-order valence-corrected chi connectivity index (χ1v) is 10.2. The third-order valence-corrected chi connectivity index (χ3v) is 6.25. The van der Waals surface area contributed by atoms with E-state index < -0.39 is 0 Å². The van der Waals surface area contributed by atoms with E-state index in [-0.39, 0.29) is 23.3 Å². The fourth-order valence-corrected chi connectivity index (χ4v) is 4.98. The molecule has 1 saturated heterocycles. The summed E-state index contributed by atoms with van der Waals surface area (Å²) in [6.07, 6.45) is 4.73. The van der Waals surface area contributed by atoms with Gasteiger partial charge in [0.15, 0.2) is 11.5 Å². The molecule has 2 aliphatic rings. The molecule has 1 spiro atoms. The molecule has 1 aliphatic carbocycles. The Hall–Kier alpha value is -1.95. The predicted molar refractivity (Wildman–Crippen MR) is 109 cm³/mol. The van der Waals surface area contributed by atoms with E-state index in [9.17, 15) is 4.79 Å². The van der Waals surface area contributed by atoms with Gasteiger partial charge in [-0.1, -0.05) is 12.8 Å². The molecule has 28 heavy (non-hydrogen) atoms. The van der Waals surface area contributed by atoms with Gasteiger partial charge in [0, 0.05) is 37.3 Å². The van der Waals surface area contributed by atoms with Crippen LogP contribution < -0.4 is 19.5 Å². The van der Waals surface area contributed by atoms with E-state index in [4.69, 9.17) is 14.2 Å². The van der Waals surface area contributed by atoms with Gasteiger partial charge in [0.25, 0.3) is 0 Å². The lowest BCUT2D eigenvalue weighted by Crippen LogP contribution is -2.42. The zero-order chi connectivity index (χ0) is 20.3. The molecule has 0 bridgehead atoms. The topological polar surface area (TPSA) is 60.0 Å². The Morgan fingerprint density at radius 1 is 1.11 bits per heavy atom. The summed E-state index contributed by atoms with van der Waals surface area (Å²) in [5.74, 6) is 2.41. The van der Waals surface area contributed by atoms with E-state index in [1.165, 1.54) is 12.8 Å². The number of hydrogen-bond acceptors (Lipinski definition) is 5. The van der Waals surface area contributed by atoms with Gasteiger partial charge in [-0.15, -0.1) is 0 Å². The summed E-state index contributed by atoms with van der Waals surface area (Å²) in [4.78, 5) is 15.3. The molecule has 156 valence electrons. The molecule has 2 fully saturated rings. The first-order valence-electron chi connectivity index (χ1n) is 10.2. The second kappa shape index (κ2) is 8.60. The zero-order valence-electron chi connectivity index (χ0n) is 17.8. The van der Waals surface area contributed by atoms with Crippen molar-refractivity contribution >= 4 is 5.91 Å². The maximum atomic E-state index is 12.9. The van der Waals surface area contributed by atoms with E-state index in [2.05, 4.69) is 10.2 Å². The third kappa shape index (κ3) is 4.07. The van der Waals surface area contributed by atoms with Crippen molar-refractivity contribution in [2.75, 3.05) is 34.4 Å². The van der Waals surface area contributed by atoms with Crippen molar-refractivity contribution in [3.63, 3.8) is 0 Å². The highest BCUT2D eigenvalue weighted by Gasteiger charge is 2.51. The predicted octanol–water partition coefficient (Wildman–Crippen LogP) is 3.23. The number of carbonyl (C=O) groups is 1. The van der Waals surface area contributed by atoms with Gasteiger partial charge in [-0.05, 0) is 38.2 Å². The number of amides is 1. The summed E-state index contributed by atoms with van der Waals surface area (Å²) in [6, 6.07) is 4.03. The molecule has 1 N–H and O–H groups in total. The molecule has 1 aromatic carbocycles. The van der Waals surface area contributed by atoms with Crippen LogP contribution in [0.2, 0.25) is 0 Å². The highest BCUT2D eigenvalue weighted by atomic mass is 16.5. The van der Waals surface area contributed by atoms with Crippen LogP contribution in [-0.4, -0.2) is 51.3 Å². The zero-order valence-corrected chi connectivity index (χ0v) is 17.8. The molecule has 1 atom stereocenters. The van der Waals surface area contributed by atoms with E-state index in [0.717, 1.165) is 43.8 Å². The number of nitrogens with zero attached hydrogens (tertiary/aromatic N) is 1. The van der Waals surface area contributed by atoms with Gasteiger partial charge in [0.2, 0.25) is 5.91 Å². The summed E-state index contributed by atoms with van der Waals surface area (Å²) in [5.41, 5.74) is 1.17. The molecule has 1 saturated carbocycles. The number of hydrogen-bond donors (Lipinski definition) is 1. The van der Waals surface area contributed by atoms with Crippen LogP contribution >= 0.6 is 0 Å². The average molecular weight is 391 g/mol. The molecule has 0 aromatic heterocycles. The minimum atomic E-state index is 0.0588. The number of carbonyl (C=O) groups excluding carboxylic acids is 1. The molecule has 1 heterocycles. The Labute approximate surface area is 168 Å². The number of benzene rings is 1. The summed E-state index contributed by atoms with van der Waals surface area (Å²) < 4.78 is 16.5. The molecular weight excluding hydrogens is 356 g/mol. The smallest absolute Gasteiger partial charge is 0.225 e. The average Bonchev–Trinajstić information content (AvgIpc) is 3.28. The van der Waals surface area contributed by atoms with Crippen molar-refractivity contribution in [1.29, 1.82) is 0 Å². The first-order chi connectivity index (χ1) is 13.4. The van der Waals surface area contributed by atoms with E-state index in [1.54, 1.807) is 21.3 Å². The fourth-order valence-electron chi connectivity index (χ4n) is 4.98. The molecule has 1 aliphatic heterocycles. The number of ether oxygens (including phenoxy) is 3. The highest BCUT2D eigenvalue weighted by molar-refractivity contribution is 5.80. The number of nitrogens with one attached hydrogen (secondary N) is 1. The summed E-state index contributed by atoms with van der Waals surface area (Å²) in [7, 11) is 4.94. The van der Waals surface area contributed by atoms with Crippen molar-refractivity contribution in [2.45, 2.75) is 52.1 Å². The monoisotopic (exact) mass is 390 g/mol. The Bertz CT molecular complexity index is 698. The molecule has 0 radical (unpaired) electrons. The molecule has 6 heteroatoms. The second-order valence-electron chi connectivity index (χ2n) is 8.47. The Morgan fingerprint density at radius 2 is 1.71 bits per heavy atom. The van der Waals surface area contributed by atoms with Gasteiger partial charge >= 0.3 is 0 Å². The minimum Gasteiger partial charge on any atom is -0.496 e. The molecule has 1 unspecified atom stereocenters. The van der Waals surface area contributed by atoms with Crippen molar-refractivity contribution in [3.8, 4) is 17.2 Å². The molecule has 6 nitrogen and oxygen atoms in total. The maximum absolute atomic E-state index is 12.9. The number of likely N-dealkylation sites (tertiary alicyclic amines) is 1. The van der Waals surface area contributed by atoms with Crippen LogP contribution in [0.25, 0.3) is 0 Å². The van der Waals surface area contributed by atoms with E-state index >= 15 is 0 Å². The lowest BCUT2D eigenvalue weighted by atomic mass is 9.76. The maximum Gasteiger partial charge on any atom is 0.225 e. The lowest BCUT2D eigenvalue weighted by Gasteiger charge is -2.29. The van der Waals surface area contributed by atoms with Crippen LogP contribution in [0.5, 0.6) is 17.2 Å². The van der Waals surface area contributed by atoms with Crippen molar-refractivity contribution in [3.05, 3.63) is 17.7 Å². The SMILES string of the molecule is COc1cc(OC)c(OC)cc1CN1CC(C(=O)NC(C)C)C2(CCCC2)C1. The van der Waals surface area contributed by atoms with Gasteiger partial charge in [0.1, 0.15) is 5.75 Å². The first kappa shape index (κ1) is 20.8. The minimum absolute atomic E-state index is 0.0588. The van der Waals surface area contributed by atoms with Crippen molar-refractivity contribution in [2.24, 2.45) is 11.3 Å². The third-order valence-electron chi connectivity index (χ3n) is 6.25. The van der Waals surface area contributed by atoms with Gasteiger partial charge in [-0.3, -0.25) is 9.69 Å². The number of methoxy groups -OCH3 is 3. The highest BCUT2D eigenvalue weighted by Crippen LogP contribution is 2.50. The molecular formula is C22H34N2O4. The van der Waals surface area contributed by atoms with Crippen molar-refractivity contribution < 1.29 is 19.0 Å². The number of rotatable bonds is 7. The van der Waals surface area contributed by atoms with Crippen LogP contribution in [-0.2, 0) is 11.3 Å². The van der Waals surface area contributed by atoms with Crippen LogP contribution in [0.1, 0.15) is 45.1 Å². The van der Waals surface area contributed by atoms with Gasteiger partial charge in [0.05, 0.1) is 27.2 Å². The largest absolute Gasteiger partial charge is 0.496 e. The Kier molecular flexibility index (Phi) is 6.38. The fraction of sp³-hybridized carbons (Fsp3) is 0.682. The van der Waals surface area contributed by atoms with Gasteiger partial charge in [-0.2, -0.15) is 0 Å². The lowest BCUT2D eigenvalue weighted by molar-refractivity contribution is -0.128. The summed E-state index contributed by atoms with van der Waals surface area (Å²) in [5, 5.41) is 3.15. The van der Waals surface area contributed by atoms with Crippen LogP contribution in [0.4, 0.5) is 0 Å². The quantitative estimate of drug-likeness (QED) is 0.775. The van der Waals surface area contributed by atoms with Crippen molar-refractivity contribution in [1.82, 2.24) is 10.2 Å². The van der Waals surface area contributed by atoms with Crippen LogP contribution in [0.15, 0.2) is 12.1 Å². The van der Waals surface area contributed by atoms with Gasteiger partial charge < -0.3 is 19.5 Å². The normalized spacial score (nSPS) is 21.3. The summed E-state index contributed by atoms with van der Waals surface area (Å²) >= 11 is 0. The van der Waals surface area contributed by atoms with E-state index in [1.807, 2.05) is 26.0 Å². The Balaban J connectivity index is 1.82. The van der Waals surface area contributed by atoms with Gasteiger partial charge in [-0.25, -0.2) is 0 Å². The second-order valence-corrected chi connectivity index (χ2v) is 8.47. The van der Waals surface area contributed by atoms with E-state index in [0.29, 0.717) is 11.5 Å². The molecule has 1 amide bonds. The Morgan fingerprint density at radius 3 is 2.29 bits per heavy atom. The molecule has 3 rings (SSSR count). The standard InChI is InChI=1S/C22H34N2O4/c1-15(2)23-21(25)17-13-24(14-22(17)8-6-7-9-22)12-16-10-19(27-4)20(28-5)11-18(16)26-3/h10-11,15,17H,6-9,12-14H2,1-5H3,(H,23,25).